The van der Waals surface area contributed by atoms with Gasteiger partial charge >= 0.3 is 0 Å². The minimum absolute atomic E-state index is 0. The van der Waals surface area contributed by atoms with Gasteiger partial charge in [0.2, 0.25) is 10.0 Å². The maximum Gasteiger partial charge on any atom is 0.229 e. The molecule has 6 nitrogen and oxygen atoms in total. The zero-order valence-corrected chi connectivity index (χ0v) is 17.3. The second-order valence-corrected chi connectivity index (χ2v) is 7.04. The van der Waals surface area contributed by atoms with E-state index < -0.39 is 10.0 Å². The Morgan fingerprint density at radius 2 is 1.56 bits per heavy atom. The number of nitrogens with one attached hydrogen (secondary N) is 3. The summed E-state index contributed by atoms with van der Waals surface area (Å²) in [5.74, 6) is 0.646. The molecule has 0 heterocycles. The van der Waals surface area contributed by atoms with Crippen LogP contribution in [0.1, 0.15) is 11.1 Å². The molecule has 0 amide bonds. The molecule has 2 aromatic rings. The summed E-state index contributed by atoms with van der Waals surface area (Å²) in [6.07, 6.45) is 1.14. The summed E-state index contributed by atoms with van der Waals surface area (Å²) in [6, 6.07) is 17.3. The van der Waals surface area contributed by atoms with Gasteiger partial charge < -0.3 is 10.6 Å². The largest absolute Gasteiger partial charge is 0.352 e. The number of guanidine groups is 1. The monoisotopic (exact) mass is 474 g/mol. The van der Waals surface area contributed by atoms with Crippen LogP contribution in [0.25, 0.3) is 0 Å². The molecule has 0 saturated heterocycles. The van der Waals surface area contributed by atoms with Crippen molar-refractivity contribution in [2.75, 3.05) is 18.0 Å². The van der Waals surface area contributed by atoms with E-state index in [4.69, 9.17) is 0 Å². The van der Waals surface area contributed by atoms with Crippen molar-refractivity contribution in [1.29, 1.82) is 0 Å². The number of para-hydroxylation sites is 1. The third-order valence-corrected chi connectivity index (χ3v) is 3.88. The van der Waals surface area contributed by atoms with Crippen molar-refractivity contribution < 1.29 is 8.42 Å². The van der Waals surface area contributed by atoms with E-state index >= 15 is 0 Å². The molecule has 0 unspecified atom stereocenters. The summed E-state index contributed by atoms with van der Waals surface area (Å²) in [5, 5.41) is 6.41. The Labute approximate surface area is 166 Å². The third kappa shape index (κ3) is 7.74. The van der Waals surface area contributed by atoms with Crippen LogP contribution in [-0.2, 0) is 23.1 Å². The van der Waals surface area contributed by atoms with Crippen molar-refractivity contribution in [3.63, 3.8) is 0 Å². The summed E-state index contributed by atoms with van der Waals surface area (Å²) < 4.78 is 25.4. The number of sulfonamides is 1. The van der Waals surface area contributed by atoms with Crippen molar-refractivity contribution in [1.82, 2.24) is 10.6 Å². The molecule has 0 aliphatic rings. The van der Waals surface area contributed by atoms with Crippen LogP contribution in [0, 0.1) is 0 Å². The Hall–Kier alpha value is -1.81. The summed E-state index contributed by atoms with van der Waals surface area (Å²) in [4.78, 5) is 4.18. The minimum atomic E-state index is -3.31. The van der Waals surface area contributed by atoms with Crippen LogP contribution in [0.5, 0.6) is 0 Å². The van der Waals surface area contributed by atoms with Crippen LogP contribution in [0.4, 0.5) is 5.69 Å². The standard InChI is InChI=1S/C17H22N4O2S.HI/c1-18-17(19-12-14-8-4-3-5-9-14)20-13-15-10-6-7-11-16(15)21-24(2,22)23;/h3-11,21H,12-13H2,1-2H3,(H2,18,19,20);1H. The lowest BCUT2D eigenvalue weighted by Crippen LogP contribution is -2.36. The lowest BCUT2D eigenvalue weighted by atomic mass is 10.2. The summed E-state index contributed by atoms with van der Waals surface area (Å²) in [6.45, 7) is 1.11. The molecule has 0 atom stereocenters. The van der Waals surface area contributed by atoms with E-state index in [-0.39, 0.29) is 24.0 Å². The minimum Gasteiger partial charge on any atom is -0.352 e. The smallest absolute Gasteiger partial charge is 0.229 e. The summed E-state index contributed by atoms with van der Waals surface area (Å²) >= 11 is 0. The van der Waals surface area contributed by atoms with Crippen LogP contribution < -0.4 is 15.4 Å². The fraction of sp³-hybridized carbons (Fsp3) is 0.235. The number of halogens is 1. The molecule has 136 valence electrons. The molecule has 0 spiro atoms. The van der Waals surface area contributed by atoms with Gasteiger partial charge in [-0.3, -0.25) is 9.71 Å². The molecule has 0 bridgehead atoms. The van der Waals surface area contributed by atoms with Crippen LogP contribution in [-0.4, -0.2) is 27.7 Å². The molecular formula is C17H23IN4O2S. The van der Waals surface area contributed by atoms with Gasteiger partial charge in [0.05, 0.1) is 11.9 Å². The SMILES string of the molecule is CN=C(NCc1ccccc1)NCc1ccccc1NS(C)(=O)=O.I. The molecule has 25 heavy (non-hydrogen) atoms. The van der Waals surface area contributed by atoms with E-state index in [1.54, 1.807) is 19.2 Å². The highest BCUT2D eigenvalue weighted by Gasteiger charge is 2.07. The zero-order chi connectivity index (χ0) is 17.4. The van der Waals surface area contributed by atoms with Gasteiger partial charge in [-0.15, -0.1) is 24.0 Å². The van der Waals surface area contributed by atoms with Gasteiger partial charge in [-0.2, -0.15) is 0 Å². The second-order valence-electron chi connectivity index (χ2n) is 5.30. The Bertz CT molecular complexity index is 795. The quantitative estimate of drug-likeness (QED) is 0.342. The van der Waals surface area contributed by atoms with Crippen molar-refractivity contribution in [3.05, 3.63) is 65.7 Å². The predicted octanol–water partition coefficient (Wildman–Crippen LogP) is 2.54. The lowest BCUT2D eigenvalue weighted by molar-refractivity contribution is 0.606. The maximum atomic E-state index is 11.4. The lowest BCUT2D eigenvalue weighted by Gasteiger charge is -2.14. The van der Waals surface area contributed by atoms with E-state index in [9.17, 15) is 8.42 Å². The van der Waals surface area contributed by atoms with Gasteiger partial charge in [0.25, 0.3) is 0 Å². The van der Waals surface area contributed by atoms with Crippen molar-refractivity contribution >= 4 is 45.6 Å². The van der Waals surface area contributed by atoms with E-state index in [2.05, 4.69) is 20.3 Å². The van der Waals surface area contributed by atoms with Crippen LogP contribution >= 0.6 is 24.0 Å². The molecular weight excluding hydrogens is 451 g/mol. The van der Waals surface area contributed by atoms with E-state index in [0.29, 0.717) is 24.7 Å². The Balaban J connectivity index is 0.00000312. The van der Waals surface area contributed by atoms with Crippen molar-refractivity contribution in [2.24, 2.45) is 4.99 Å². The van der Waals surface area contributed by atoms with Gasteiger partial charge in [-0.05, 0) is 17.2 Å². The first-order chi connectivity index (χ1) is 11.5. The number of anilines is 1. The zero-order valence-electron chi connectivity index (χ0n) is 14.2. The van der Waals surface area contributed by atoms with Crippen LogP contribution in [0.3, 0.4) is 0 Å². The molecule has 0 aliphatic heterocycles. The third-order valence-electron chi connectivity index (χ3n) is 3.29. The van der Waals surface area contributed by atoms with Crippen molar-refractivity contribution in [2.45, 2.75) is 13.1 Å². The molecule has 8 heteroatoms. The summed E-state index contributed by atoms with van der Waals surface area (Å²) in [7, 11) is -1.62. The molecule has 2 aromatic carbocycles. The second kappa shape index (κ2) is 10.2. The van der Waals surface area contributed by atoms with Gasteiger partial charge in [0.15, 0.2) is 5.96 Å². The number of benzene rings is 2. The van der Waals surface area contributed by atoms with Gasteiger partial charge in [-0.25, -0.2) is 8.42 Å². The van der Waals surface area contributed by atoms with E-state index in [1.807, 2.05) is 42.5 Å². The number of nitrogens with zero attached hydrogens (tertiary/aromatic N) is 1. The highest BCUT2D eigenvalue weighted by atomic mass is 127. The number of rotatable bonds is 6. The fourth-order valence-corrected chi connectivity index (χ4v) is 2.75. The summed E-state index contributed by atoms with van der Waals surface area (Å²) in [5.41, 5.74) is 2.55. The number of hydrogen-bond donors (Lipinski definition) is 3. The molecule has 3 N–H and O–H groups in total. The number of hydrogen-bond acceptors (Lipinski definition) is 3. The number of aliphatic imine (C=N–C) groups is 1. The fourth-order valence-electron chi connectivity index (χ4n) is 2.15. The maximum absolute atomic E-state index is 11.4. The molecule has 0 radical (unpaired) electrons. The topological polar surface area (TPSA) is 82.6 Å². The molecule has 0 fully saturated rings. The first kappa shape index (κ1) is 21.2. The van der Waals surface area contributed by atoms with Gasteiger partial charge in [0.1, 0.15) is 0 Å². The van der Waals surface area contributed by atoms with E-state index in [1.165, 1.54) is 0 Å². The first-order valence-electron chi connectivity index (χ1n) is 7.52. The van der Waals surface area contributed by atoms with Crippen LogP contribution in [0.2, 0.25) is 0 Å². The highest BCUT2D eigenvalue weighted by molar-refractivity contribution is 14.0. The van der Waals surface area contributed by atoms with Gasteiger partial charge in [0, 0.05) is 20.1 Å². The average Bonchev–Trinajstić information content (AvgIpc) is 2.56. The first-order valence-corrected chi connectivity index (χ1v) is 9.41. The highest BCUT2D eigenvalue weighted by Crippen LogP contribution is 2.15. The van der Waals surface area contributed by atoms with E-state index in [0.717, 1.165) is 17.4 Å². The van der Waals surface area contributed by atoms with Crippen molar-refractivity contribution in [3.8, 4) is 0 Å². The Morgan fingerprint density at radius 1 is 0.960 bits per heavy atom. The van der Waals surface area contributed by atoms with Gasteiger partial charge in [-0.1, -0.05) is 48.5 Å². The van der Waals surface area contributed by atoms with Crippen LogP contribution in [0.15, 0.2) is 59.6 Å². The molecule has 0 saturated carbocycles. The molecule has 2 rings (SSSR count). The normalized spacial score (nSPS) is 11.4. The molecule has 0 aliphatic carbocycles. The Morgan fingerprint density at radius 3 is 2.20 bits per heavy atom. The predicted molar refractivity (Wildman–Crippen MR) is 114 cm³/mol. The Kier molecular flexibility index (Phi) is 8.70. The molecule has 0 aromatic heterocycles. The average molecular weight is 474 g/mol.